The van der Waals surface area contributed by atoms with Gasteiger partial charge in [0.15, 0.2) is 0 Å². The first-order valence-electron chi connectivity index (χ1n) is 9.01. The van der Waals surface area contributed by atoms with Crippen molar-refractivity contribution in [1.29, 1.82) is 0 Å². The lowest BCUT2D eigenvalue weighted by Gasteiger charge is -2.24. The molecule has 1 aliphatic heterocycles. The second-order valence-corrected chi connectivity index (χ2v) is 8.64. The zero-order valence-electron chi connectivity index (χ0n) is 15.4. The molecule has 0 spiro atoms. The first-order valence-corrected chi connectivity index (χ1v) is 10.5. The molecule has 26 heavy (non-hydrogen) atoms. The first-order chi connectivity index (χ1) is 12.5. The molecule has 0 aromatic heterocycles. The number of quaternary nitrogens is 1. The molecule has 0 amide bonds. The Bertz CT molecular complexity index is 859. The topological polar surface area (TPSA) is 59.8 Å². The lowest BCUT2D eigenvalue weighted by molar-refractivity contribution is -0.921. The van der Waals surface area contributed by atoms with Crippen LogP contribution in [0.15, 0.2) is 47.4 Å². The van der Waals surface area contributed by atoms with E-state index in [2.05, 4.69) is 10.8 Å². The van der Waals surface area contributed by atoms with Crippen LogP contribution in [0.5, 0.6) is 0 Å². The molecule has 2 aromatic carbocycles. The molecule has 2 aromatic rings. The zero-order chi connectivity index (χ0) is 18.6. The summed E-state index contributed by atoms with van der Waals surface area (Å²) in [5.41, 5.74) is 3.91. The van der Waals surface area contributed by atoms with Gasteiger partial charge in [0.1, 0.15) is 19.6 Å². The van der Waals surface area contributed by atoms with Crippen LogP contribution >= 0.6 is 0 Å². The van der Waals surface area contributed by atoms with Crippen molar-refractivity contribution in [3.05, 3.63) is 64.7 Å². The van der Waals surface area contributed by atoms with E-state index in [1.165, 1.54) is 10.5 Å². The van der Waals surface area contributed by atoms with E-state index in [0.717, 1.165) is 49.5 Å². The predicted molar refractivity (Wildman–Crippen MR) is 102 cm³/mol. The van der Waals surface area contributed by atoms with E-state index in [1.54, 1.807) is 6.07 Å². The molecule has 1 aliphatic rings. The number of hydrogen-bond acceptors (Lipinski definition) is 3. The molecule has 140 valence electrons. The minimum Gasteiger partial charge on any atom is -0.370 e. The maximum absolute atomic E-state index is 12.7. The van der Waals surface area contributed by atoms with E-state index in [-0.39, 0.29) is 0 Å². The van der Waals surface area contributed by atoms with Gasteiger partial charge in [-0.15, -0.1) is 0 Å². The minimum atomic E-state index is -3.54. The Balaban J connectivity index is 1.74. The standard InChI is InChI=1S/C20H26N2O3S/c1-16-7-8-17(2)20(13-16)26(23,24)21-14-18-5-3-4-6-19(18)15-22-9-11-25-12-10-22/h3-8,13,21H,9-12,14-15H2,1-2H3/p+1. The molecule has 5 nitrogen and oxygen atoms in total. The molecule has 3 rings (SSSR count). The lowest BCUT2D eigenvalue weighted by Crippen LogP contribution is -3.12. The molecule has 0 aliphatic carbocycles. The summed E-state index contributed by atoms with van der Waals surface area (Å²) in [4.78, 5) is 1.83. The third-order valence-corrected chi connectivity index (χ3v) is 6.39. The van der Waals surface area contributed by atoms with Crippen LogP contribution in [0, 0.1) is 13.8 Å². The second-order valence-electron chi connectivity index (χ2n) is 6.90. The molecular formula is C20H27N2O3S+. The van der Waals surface area contributed by atoms with Crippen molar-refractivity contribution < 1.29 is 18.1 Å². The highest BCUT2D eigenvalue weighted by Crippen LogP contribution is 2.17. The molecule has 1 heterocycles. The van der Waals surface area contributed by atoms with Crippen molar-refractivity contribution in [3.8, 4) is 0 Å². The van der Waals surface area contributed by atoms with Gasteiger partial charge in [-0.05, 0) is 36.6 Å². The van der Waals surface area contributed by atoms with Crippen LogP contribution in [0.25, 0.3) is 0 Å². The summed E-state index contributed by atoms with van der Waals surface area (Å²) in [6.07, 6.45) is 0. The summed E-state index contributed by atoms with van der Waals surface area (Å²) in [5, 5.41) is 0. The summed E-state index contributed by atoms with van der Waals surface area (Å²) >= 11 is 0. The van der Waals surface area contributed by atoms with Gasteiger partial charge in [-0.2, -0.15) is 0 Å². The number of sulfonamides is 1. The number of nitrogens with one attached hydrogen (secondary N) is 2. The maximum Gasteiger partial charge on any atom is 0.241 e. The number of aryl methyl sites for hydroxylation is 2. The fourth-order valence-electron chi connectivity index (χ4n) is 3.26. The van der Waals surface area contributed by atoms with E-state index < -0.39 is 10.0 Å². The Morgan fingerprint density at radius 3 is 2.46 bits per heavy atom. The monoisotopic (exact) mass is 375 g/mol. The van der Waals surface area contributed by atoms with Crippen LogP contribution in [0.3, 0.4) is 0 Å². The van der Waals surface area contributed by atoms with Crippen LogP contribution in [-0.4, -0.2) is 34.7 Å². The van der Waals surface area contributed by atoms with E-state index in [9.17, 15) is 8.42 Å². The molecule has 0 atom stereocenters. The summed E-state index contributed by atoms with van der Waals surface area (Å²) in [5.74, 6) is 0. The maximum atomic E-state index is 12.7. The van der Waals surface area contributed by atoms with Crippen LogP contribution < -0.4 is 9.62 Å². The van der Waals surface area contributed by atoms with Crippen LogP contribution in [0.4, 0.5) is 0 Å². The van der Waals surface area contributed by atoms with Crippen molar-refractivity contribution in [2.24, 2.45) is 0 Å². The van der Waals surface area contributed by atoms with E-state index in [1.807, 2.05) is 44.2 Å². The molecule has 1 saturated heterocycles. The Morgan fingerprint density at radius 2 is 1.73 bits per heavy atom. The lowest BCUT2D eigenvalue weighted by atomic mass is 10.1. The third-order valence-electron chi connectivity index (χ3n) is 4.84. The number of benzene rings is 2. The normalized spacial score (nSPS) is 15.9. The molecule has 2 N–H and O–H groups in total. The Morgan fingerprint density at radius 1 is 1.04 bits per heavy atom. The minimum absolute atomic E-state index is 0.301. The van der Waals surface area contributed by atoms with Crippen molar-refractivity contribution >= 4 is 10.0 Å². The van der Waals surface area contributed by atoms with Crippen molar-refractivity contribution in [2.75, 3.05) is 26.3 Å². The number of rotatable bonds is 6. The second kappa shape index (κ2) is 8.31. The van der Waals surface area contributed by atoms with Crippen molar-refractivity contribution in [3.63, 3.8) is 0 Å². The molecule has 0 bridgehead atoms. The third kappa shape index (κ3) is 4.71. The fraction of sp³-hybridized carbons (Fsp3) is 0.400. The summed E-state index contributed by atoms with van der Waals surface area (Å²) in [7, 11) is -3.54. The van der Waals surface area contributed by atoms with E-state index >= 15 is 0 Å². The van der Waals surface area contributed by atoms with Gasteiger partial charge in [0.2, 0.25) is 10.0 Å². The number of ether oxygens (including phenoxy) is 1. The van der Waals surface area contributed by atoms with Gasteiger partial charge in [-0.1, -0.05) is 36.4 Å². The Kier molecular flexibility index (Phi) is 6.09. The Labute approximate surface area is 156 Å². The predicted octanol–water partition coefficient (Wildman–Crippen LogP) is 1.20. The fourth-order valence-corrected chi connectivity index (χ4v) is 4.59. The van der Waals surface area contributed by atoms with Crippen LogP contribution in [0.1, 0.15) is 22.3 Å². The highest BCUT2D eigenvalue weighted by Gasteiger charge is 2.19. The van der Waals surface area contributed by atoms with Crippen molar-refractivity contribution in [2.45, 2.75) is 31.8 Å². The molecular weight excluding hydrogens is 348 g/mol. The summed E-state index contributed by atoms with van der Waals surface area (Å²) in [6, 6.07) is 13.6. The SMILES string of the molecule is Cc1ccc(C)c(S(=O)(=O)NCc2ccccc2C[NH+]2CCOCC2)c1. The van der Waals surface area contributed by atoms with Gasteiger partial charge in [-0.25, -0.2) is 13.1 Å². The van der Waals surface area contributed by atoms with Gasteiger partial charge in [0, 0.05) is 12.1 Å². The quantitative estimate of drug-likeness (QED) is 0.798. The van der Waals surface area contributed by atoms with Gasteiger partial charge in [-0.3, -0.25) is 0 Å². The van der Waals surface area contributed by atoms with E-state index in [4.69, 9.17) is 4.74 Å². The highest BCUT2D eigenvalue weighted by atomic mass is 32.2. The van der Waals surface area contributed by atoms with Gasteiger partial charge in [0.05, 0.1) is 18.1 Å². The molecule has 0 unspecified atom stereocenters. The number of hydrogen-bond donors (Lipinski definition) is 2. The Hall–Kier alpha value is -1.73. The van der Waals surface area contributed by atoms with E-state index in [0.29, 0.717) is 11.4 Å². The number of morpholine rings is 1. The summed E-state index contributed by atoms with van der Waals surface area (Å²) < 4.78 is 33.7. The average Bonchev–Trinajstić information content (AvgIpc) is 2.64. The first kappa shape index (κ1) is 19.0. The van der Waals surface area contributed by atoms with Gasteiger partial charge in [0.25, 0.3) is 0 Å². The molecule has 1 fully saturated rings. The molecule has 0 radical (unpaired) electrons. The zero-order valence-corrected chi connectivity index (χ0v) is 16.2. The smallest absolute Gasteiger partial charge is 0.241 e. The largest absolute Gasteiger partial charge is 0.370 e. The average molecular weight is 376 g/mol. The van der Waals surface area contributed by atoms with Gasteiger partial charge < -0.3 is 9.64 Å². The highest BCUT2D eigenvalue weighted by molar-refractivity contribution is 7.89. The van der Waals surface area contributed by atoms with Gasteiger partial charge >= 0.3 is 0 Å². The molecule has 6 heteroatoms. The van der Waals surface area contributed by atoms with Crippen LogP contribution in [0.2, 0.25) is 0 Å². The van der Waals surface area contributed by atoms with Crippen LogP contribution in [-0.2, 0) is 27.8 Å². The molecule has 0 saturated carbocycles. The van der Waals surface area contributed by atoms with Crippen molar-refractivity contribution in [1.82, 2.24) is 4.72 Å². The summed E-state index contributed by atoms with van der Waals surface area (Å²) in [6.45, 7) is 8.47.